The molecule has 106 valence electrons. The summed E-state index contributed by atoms with van der Waals surface area (Å²) in [6.07, 6.45) is 1.80. The molecule has 0 saturated heterocycles. The van der Waals surface area contributed by atoms with Gasteiger partial charge in [0.1, 0.15) is 0 Å². The van der Waals surface area contributed by atoms with Crippen LogP contribution < -0.4 is 5.43 Å². The zero-order chi connectivity index (χ0) is 14.8. The molecule has 1 aromatic carbocycles. The molecule has 0 atom stereocenters. The van der Waals surface area contributed by atoms with Gasteiger partial charge in [0.2, 0.25) is 0 Å². The molecular weight excluding hydrogens is 278 g/mol. The number of benzene rings is 1. The number of rotatable bonds is 3. The number of hydrogen-bond donors (Lipinski definition) is 1. The Bertz CT molecular complexity index is 813. The van der Waals surface area contributed by atoms with Gasteiger partial charge in [0.15, 0.2) is 0 Å². The molecule has 0 aliphatic heterocycles. The summed E-state index contributed by atoms with van der Waals surface area (Å²) in [4.78, 5) is 7.03. The minimum Gasteiger partial charge on any atom is -0.276 e. The van der Waals surface area contributed by atoms with Gasteiger partial charge >= 0.3 is 0 Å². The number of nitrogens with zero attached hydrogens (tertiary/aromatic N) is 2. The Hall–Kier alpha value is -2.20. The molecule has 0 radical (unpaired) electrons. The van der Waals surface area contributed by atoms with Crippen molar-refractivity contribution in [3.63, 3.8) is 0 Å². The molecule has 1 N–H and O–H groups in total. The predicted molar refractivity (Wildman–Crippen MR) is 91.4 cm³/mol. The van der Waals surface area contributed by atoms with Crippen LogP contribution in [0.3, 0.4) is 0 Å². The van der Waals surface area contributed by atoms with E-state index in [0.717, 1.165) is 22.3 Å². The smallest absolute Gasteiger partial charge is 0.0951 e. The van der Waals surface area contributed by atoms with Gasteiger partial charge in [0, 0.05) is 26.9 Å². The summed E-state index contributed by atoms with van der Waals surface area (Å²) >= 11 is 1.80. The van der Waals surface area contributed by atoms with Crippen LogP contribution in [0.15, 0.2) is 47.7 Å². The first-order chi connectivity index (χ1) is 10.1. The van der Waals surface area contributed by atoms with Crippen LogP contribution in [0.1, 0.15) is 22.2 Å². The van der Waals surface area contributed by atoms with Crippen LogP contribution in [-0.2, 0) is 0 Å². The Balaban J connectivity index is 1.92. The van der Waals surface area contributed by atoms with Gasteiger partial charge in [0.05, 0.1) is 16.9 Å². The highest BCUT2D eigenvalue weighted by atomic mass is 32.1. The molecule has 0 aliphatic rings. The lowest BCUT2D eigenvalue weighted by atomic mass is 10.2. The average molecular weight is 295 g/mol. The third-order valence-corrected chi connectivity index (χ3v) is 4.37. The Morgan fingerprint density at radius 2 is 2.00 bits per heavy atom. The molecule has 4 heteroatoms. The number of fused-ring (bicyclic) bond motifs is 1. The minimum atomic E-state index is 0.928. The third kappa shape index (κ3) is 2.81. The fourth-order valence-electron chi connectivity index (χ4n) is 2.39. The summed E-state index contributed by atoms with van der Waals surface area (Å²) in [5.74, 6) is 0. The highest BCUT2D eigenvalue weighted by Gasteiger charge is 2.06. The summed E-state index contributed by atoms with van der Waals surface area (Å²) in [6, 6.07) is 12.2. The van der Waals surface area contributed by atoms with E-state index in [-0.39, 0.29) is 0 Å². The van der Waals surface area contributed by atoms with Gasteiger partial charge in [-0.2, -0.15) is 5.10 Å². The highest BCUT2D eigenvalue weighted by molar-refractivity contribution is 7.12. The molecule has 0 amide bonds. The number of hydrogen-bond acceptors (Lipinski definition) is 4. The molecule has 0 spiro atoms. The van der Waals surface area contributed by atoms with Crippen molar-refractivity contribution in [1.82, 2.24) is 4.98 Å². The number of anilines is 1. The zero-order valence-electron chi connectivity index (χ0n) is 12.3. The topological polar surface area (TPSA) is 37.3 Å². The monoisotopic (exact) mass is 295 g/mol. The Kier molecular flexibility index (Phi) is 3.71. The summed E-state index contributed by atoms with van der Waals surface area (Å²) in [7, 11) is 0. The van der Waals surface area contributed by atoms with E-state index in [4.69, 9.17) is 0 Å². The van der Waals surface area contributed by atoms with E-state index in [0.29, 0.717) is 0 Å². The van der Waals surface area contributed by atoms with Crippen LogP contribution >= 0.6 is 11.3 Å². The zero-order valence-corrected chi connectivity index (χ0v) is 13.2. The molecule has 3 aromatic rings. The van der Waals surface area contributed by atoms with Crippen molar-refractivity contribution in [3.8, 4) is 0 Å². The van der Waals surface area contributed by atoms with Crippen molar-refractivity contribution in [2.75, 3.05) is 5.43 Å². The fourth-order valence-corrected chi connectivity index (χ4v) is 3.37. The summed E-state index contributed by atoms with van der Waals surface area (Å²) in [5, 5.41) is 5.63. The number of hydrazone groups is 1. The molecule has 0 aliphatic carbocycles. The quantitative estimate of drug-likeness (QED) is 0.559. The number of aromatic nitrogens is 1. The van der Waals surface area contributed by atoms with Crippen molar-refractivity contribution in [3.05, 3.63) is 57.9 Å². The minimum absolute atomic E-state index is 0.928. The van der Waals surface area contributed by atoms with Gasteiger partial charge in [-0.1, -0.05) is 18.2 Å². The number of aryl methyl sites for hydroxylation is 2. The van der Waals surface area contributed by atoms with Crippen molar-refractivity contribution in [1.29, 1.82) is 0 Å². The van der Waals surface area contributed by atoms with Crippen LogP contribution in [0, 0.1) is 13.8 Å². The van der Waals surface area contributed by atoms with Crippen LogP contribution in [0.4, 0.5) is 5.69 Å². The first-order valence-electron chi connectivity index (χ1n) is 6.86. The molecule has 2 heterocycles. The van der Waals surface area contributed by atoms with E-state index < -0.39 is 0 Å². The van der Waals surface area contributed by atoms with Gasteiger partial charge in [-0.25, -0.2) is 0 Å². The molecule has 0 bridgehead atoms. The molecule has 3 rings (SSSR count). The molecular formula is C17H17N3S. The van der Waals surface area contributed by atoms with Crippen LogP contribution in [-0.4, -0.2) is 10.7 Å². The third-order valence-electron chi connectivity index (χ3n) is 3.41. The van der Waals surface area contributed by atoms with Crippen molar-refractivity contribution in [2.45, 2.75) is 20.8 Å². The van der Waals surface area contributed by atoms with Crippen molar-refractivity contribution >= 4 is 33.6 Å². The summed E-state index contributed by atoms with van der Waals surface area (Å²) < 4.78 is 0. The first kappa shape index (κ1) is 13.8. The molecule has 0 saturated carbocycles. The standard InChI is InChI=1S/C17H17N3S/c1-11-10-15(13(3)21-11)12(2)19-20-16-8-4-6-14-7-5-9-18-17(14)16/h4-10,20H,1-3H3. The van der Waals surface area contributed by atoms with Crippen molar-refractivity contribution in [2.24, 2.45) is 5.10 Å². The van der Waals surface area contributed by atoms with E-state index in [9.17, 15) is 0 Å². The SMILES string of the molecule is CC(=NNc1cccc2cccnc12)c1cc(C)sc1C. The summed E-state index contributed by atoms with van der Waals surface area (Å²) in [5.41, 5.74) is 7.22. The molecule has 3 nitrogen and oxygen atoms in total. The van der Waals surface area contributed by atoms with Gasteiger partial charge in [-0.3, -0.25) is 10.4 Å². The Morgan fingerprint density at radius 3 is 2.76 bits per heavy atom. The van der Waals surface area contributed by atoms with Crippen molar-refractivity contribution < 1.29 is 0 Å². The Labute approximate surface area is 128 Å². The van der Waals surface area contributed by atoms with Gasteiger partial charge in [-0.15, -0.1) is 11.3 Å². The molecule has 2 aromatic heterocycles. The van der Waals surface area contributed by atoms with Crippen LogP contribution in [0.5, 0.6) is 0 Å². The molecule has 0 fully saturated rings. The summed E-state index contributed by atoms with van der Waals surface area (Å²) in [6.45, 7) is 6.28. The number of thiophene rings is 1. The van der Waals surface area contributed by atoms with E-state index in [1.165, 1.54) is 15.3 Å². The lowest BCUT2D eigenvalue weighted by Gasteiger charge is -2.06. The normalized spacial score (nSPS) is 11.9. The lowest BCUT2D eigenvalue weighted by Crippen LogP contribution is -2.00. The van der Waals surface area contributed by atoms with E-state index in [1.807, 2.05) is 25.1 Å². The molecule has 0 unspecified atom stereocenters. The van der Waals surface area contributed by atoms with Gasteiger partial charge in [-0.05, 0) is 39.0 Å². The average Bonchev–Trinajstić information content (AvgIpc) is 2.83. The van der Waals surface area contributed by atoms with Gasteiger partial charge < -0.3 is 0 Å². The van der Waals surface area contributed by atoms with E-state index in [2.05, 4.69) is 47.6 Å². The maximum Gasteiger partial charge on any atom is 0.0951 e. The second-order valence-corrected chi connectivity index (χ2v) is 6.48. The van der Waals surface area contributed by atoms with Crippen LogP contribution in [0.25, 0.3) is 10.9 Å². The van der Waals surface area contributed by atoms with E-state index in [1.54, 1.807) is 17.5 Å². The fraction of sp³-hybridized carbons (Fsp3) is 0.176. The second-order valence-electron chi connectivity index (χ2n) is 5.02. The first-order valence-corrected chi connectivity index (χ1v) is 7.68. The number of nitrogens with one attached hydrogen (secondary N) is 1. The van der Waals surface area contributed by atoms with Crippen LogP contribution in [0.2, 0.25) is 0 Å². The predicted octanol–water partition coefficient (Wildman–Crippen LogP) is 4.75. The number of para-hydroxylation sites is 1. The largest absolute Gasteiger partial charge is 0.276 e. The van der Waals surface area contributed by atoms with Gasteiger partial charge in [0.25, 0.3) is 0 Å². The maximum atomic E-state index is 4.52. The lowest BCUT2D eigenvalue weighted by molar-refractivity contribution is 1.31. The van der Waals surface area contributed by atoms with E-state index >= 15 is 0 Å². The Morgan fingerprint density at radius 1 is 1.19 bits per heavy atom. The molecule has 21 heavy (non-hydrogen) atoms. The maximum absolute atomic E-state index is 4.52. The second kappa shape index (κ2) is 5.66. The highest BCUT2D eigenvalue weighted by Crippen LogP contribution is 2.23. The number of pyridine rings is 1.